The summed E-state index contributed by atoms with van der Waals surface area (Å²) >= 11 is 0. The maximum Gasteiger partial charge on any atom is 0.318 e. The Morgan fingerprint density at radius 2 is 1.42 bits per heavy atom. The number of nitrogens with zero attached hydrogens (tertiary/aromatic N) is 2. The molecule has 0 N–H and O–H groups in total. The average Bonchev–Trinajstić information content (AvgIpc) is 3.40. The van der Waals surface area contributed by atoms with Gasteiger partial charge < -0.3 is 23.7 Å². The van der Waals surface area contributed by atoms with Gasteiger partial charge in [-0.15, -0.1) is 0 Å². The standard InChI is InChI=1S/C25H22N2O6/c28-22(26-11-13-27(14-12-26)24(29)21-10-5-15-31-21)16-32-25(30)23-17-6-1-3-8-19(17)33-20-9-4-2-7-18(20)23/h1-10,15,23H,11-14,16H2. The van der Waals surface area contributed by atoms with E-state index in [0.717, 1.165) is 0 Å². The molecule has 2 aliphatic heterocycles. The summed E-state index contributed by atoms with van der Waals surface area (Å²) in [6, 6.07) is 17.9. The van der Waals surface area contributed by atoms with Crippen molar-refractivity contribution >= 4 is 17.8 Å². The molecule has 0 radical (unpaired) electrons. The van der Waals surface area contributed by atoms with Gasteiger partial charge in [-0.05, 0) is 24.3 Å². The summed E-state index contributed by atoms with van der Waals surface area (Å²) in [5, 5.41) is 0. The minimum absolute atomic E-state index is 0.199. The van der Waals surface area contributed by atoms with Gasteiger partial charge in [-0.3, -0.25) is 14.4 Å². The van der Waals surface area contributed by atoms with Gasteiger partial charge >= 0.3 is 5.97 Å². The van der Waals surface area contributed by atoms with Crippen molar-refractivity contribution < 1.29 is 28.3 Å². The molecule has 2 amide bonds. The van der Waals surface area contributed by atoms with Crippen molar-refractivity contribution in [2.24, 2.45) is 0 Å². The molecule has 1 fully saturated rings. The molecule has 0 unspecified atom stereocenters. The van der Waals surface area contributed by atoms with Crippen LogP contribution in [0.1, 0.15) is 27.6 Å². The second-order valence-corrected chi connectivity index (χ2v) is 7.87. The van der Waals surface area contributed by atoms with Crippen LogP contribution in [-0.2, 0) is 14.3 Å². The highest BCUT2D eigenvalue weighted by Crippen LogP contribution is 2.44. The number of piperazine rings is 1. The van der Waals surface area contributed by atoms with Gasteiger partial charge in [0.05, 0.1) is 6.26 Å². The van der Waals surface area contributed by atoms with Crippen molar-refractivity contribution in [3.63, 3.8) is 0 Å². The van der Waals surface area contributed by atoms with E-state index >= 15 is 0 Å². The summed E-state index contributed by atoms with van der Waals surface area (Å²) in [5.41, 5.74) is 1.41. The van der Waals surface area contributed by atoms with Gasteiger partial charge in [-0.1, -0.05) is 36.4 Å². The number of carbonyl (C=O) groups excluding carboxylic acids is 3. The Morgan fingerprint density at radius 3 is 2.03 bits per heavy atom. The smallest absolute Gasteiger partial charge is 0.318 e. The third-order valence-corrected chi connectivity index (χ3v) is 5.91. The quantitative estimate of drug-likeness (QED) is 0.573. The van der Waals surface area contributed by atoms with E-state index in [1.165, 1.54) is 6.26 Å². The molecule has 168 valence electrons. The van der Waals surface area contributed by atoms with E-state index < -0.39 is 11.9 Å². The number of rotatable bonds is 4. The molecule has 0 aliphatic carbocycles. The Hall–Kier alpha value is -4.07. The number of amides is 2. The average molecular weight is 446 g/mol. The minimum atomic E-state index is -0.665. The van der Waals surface area contributed by atoms with Gasteiger partial charge in [-0.2, -0.15) is 0 Å². The highest BCUT2D eigenvalue weighted by atomic mass is 16.5. The number of esters is 1. The maximum atomic E-state index is 13.1. The molecule has 0 atom stereocenters. The first-order chi connectivity index (χ1) is 16.1. The van der Waals surface area contributed by atoms with Crippen LogP contribution in [-0.4, -0.2) is 60.4 Å². The van der Waals surface area contributed by atoms with Gasteiger partial charge in [0, 0.05) is 37.3 Å². The summed E-state index contributed by atoms with van der Waals surface area (Å²) in [4.78, 5) is 41.4. The van der Waals surface area contributed by atoms with Crippen molar-refractivity contribution in [3.05, 3.63) is 83.8 Å². The zero-order valence-electron chi connectivity index (χ0n) is 17.8. The van der Waals surface area contributed by atoms with Crippen molar-refractivity contribution in [1.29, 1.82) is 0 Å². The lowest BCUT2D eigenvalue weighted by Crippen LogP contribution is -2.51. The molecule has 1 aromatic heterocycles. The van der Waals surface area contributed by atoms with Gasteiger partial charge in [0.1, 0.15) is 17.4 Å². The summed E-state index contributed by atoms with van der Waals surface area (Å²) in [6.45, 7) is 1.16. The number of hydrogen-bond acceptors (Lipinski definition) is 6. The molecule has 2 aromatic carbocycles. The van der Waals surface area contributed by atoms with E-state index in [1.54, 1.807) is 34.1 Å². The maximum absolute atomic E-state index is 13.1. The lowest BCUT2D eigenvalue weighted by molar-refractivity contribution is -0.153. The van der Waals surface area contributed by atoms with Crippen LogP contribution in [0.25, 0.3) is 0 Å². The first-order valence-electron chi connectivity index (χ1n) is 10.7. The van der Waals surface area contributed by atoms with Crippen LogP contribution in [0.3, 0.4) is 0 Å². The Balaban J connectivity index is 1.21. The number of hydrogen-bond donors (Lipinski definition) is 0. The topological polar surface area (TPSA) is 89.3 Å². The third kappa shape index (κ3) is 4.07. The summed E-state index contributed by atoms with van der Waals surface area (Å²) in [5.74, 6) is -0.179. The van der Waals surface area contributed by atoms with E-state index in [4.69, 9.17) is 13.9 Å². The number of para-hydroxylation sites is 2. The number of benzene rings is 2. The van der Waals surface area contributed by atoms with E-state index in [2.05, 4.69) is 0 Å². The predicted octanol–water partition coefficient (Wildman–Crippen LogP) is 3.05. The lowest BCUT2D eigenvalue weighted by Gasteiger charge is -2.34. The van der Waals surface area contributed by atoms with Crippen molar-refractivity contribution in [1.82, 2.24) is 9.80 Å². The zero-order chi connectivity index (χ0) is 22.8. The molecular weight excluding hydrogens is 424 g/mol. The second kappa shape index (κ2) is 8.82. The molecule has 3 heterocycles. The fourth-order valence-electron chi connectivity index (χ4n) is 4.19. The number of furan rings is 1. The number of carbonyl (C=O) groups is 3. The summed E-state index contributed by atoms with van der Waals surface area (Å²) in [7, 11) is 0. The van der Waals surface area contributed by atoms with Crippen molar-refractivity contribution in [2.45, 2.75) is 5.92 Å². The molecule has 2 aliphatic rings. The molecule has 0 spiro atoms. The van der Waals surface area contributed by atoms with Gasteiger partial charge in [0.25, 0.3) is 11.8 Å². The van der Waals surface area contributed by atoms with Crippen molar-refractivity contribution in [3.8, 4) is 11.5 Å². The highest BCUT2D eigenvalue weighted by molar-refractivity contribution is 5.92. The Labute approximate surface area is 190 Å². The Bertz CT molecular complexity index is 1140. The van der Waals surface area contributed by atoms with Crippen molar-refractivity contribution in [2.75, 3.05) is 32.8 Å². The summed E-state index contributed by atoms with van der Waals surface area (Å²) in [6.07, 6.45) is 1.45. The van der Waals surface area contributed by atoms with Crippen LogP contribution < -0.4 is 4.74 Å². The monoisotopic (exact) mass is 446 g/mol. The Kier molecular flexibility index (Phi) is 5.56. The SMILES string of the molecule is O=C(OCC(=O)N1CCN(C(=O)c2ccco2)CC1)C1c2ccccc2Oc2ccccc21. The van der Waals surface area contributed by atoms with E-state index in [-0.39, 0.29) is 24.2 Å². The largest absolute Gasteiger partial charge is 0.459 e. The zero-order valence-corrected chi connectivity index (χ0v) is 17.8. The lowest BCUT2D eigenvalue weighted by atomic mass is 9.88. The van der Waals surface area contributed by atoms with Gasteiger partial charge in [-0.25, -0.2) is 0 Å². The molecule has 8 nitrogen and oxygen atoms in total. The first kappa shape index (κ1) is 20.8. The molecule has 1 saturated heterocycles. The summed E-state index contributed by atoms with van der Waals surface area (Å²) < 4.78 is 16.5. The fourth-order valence-corrected chi connectivity index (χ4v) is 4.19. The van der Waals surface area contributed by atoms with Gasteiger partial charge in [0.2, 0.25) is 0 Å². The Morgan fingerprint density at radius 1 is 0.818 bits per heavy atom. The van der Waals surface area contributed by atoms with Crippen LogP contribution in [0.2, 0.25) is 0 Å². The van der Waals surface area contributed by atoms with Crippen LogP contribution in [0, 0.1) is 0 Å². The molecular formula is C25H22N2O6. The normalized spacial score (nSPS) is 15.3. The minimum Gasteiger partial charge on any atom is -0.459 e. The molecule has 0 bridgehead atoms. The number of ether oxygens (including phenoxy) is 2. The van der Waals surface area contributed by atoms with Crippen LogP contribution in [0.5, 0.6) is 11.5 Å². The van der Waals surface area contributed by atoms with E-state index in [0.29, 0.717) is 48.8 Å². The predicted molar refractivity (Wildman–Crippen MR) is 117 cm³/mol. The first-order valence-corrected chi connectivity index (χ1v) is 10.7. The van der Waals surface area contributed by atoms with Crippen LogP contribution in [0.4, 0.5) is 0 Å². The third-order valence-electron chi connectivity index (χ3n) is 5.91. The molecule has 8 heteroatoms. The van der Waals surface area contributed by atoms with Crippen LogP contribution >= 0.6 is 0 Å². The molecule has 0 saturated carbocycles. The van der Waals surface area contributed by atoms with Crippen LogP contribution in [0.15, 0.2) is 71.3 Å². The fraction of sp³-hybridized carbons (Fsp3) is 0.240. The highest BCUT2D eigenvalue weighted by Gasteiger charge is 2.34. The van der Waals surface area contributed by atoms with Gasteiger partial charge in [0.15, 0.2) is 12.4 Å². The second-order valence-electron chi connectivity index (χ2n) is 7.87. The molecule has 5 rings (SSSR count). The molecule has 33 heavy (non-hydrogen) atoms. The number of fused-ring (bicyclic) bond motifs is 2. The molecule has 3 aromatic rings. The van der Waals surface area contributed by atoms with E-state index in [9.17, 15) is 14.4 Å². The van der Waals surface area contributed by atoms with E-state index in [1.807, 2.05) is 36.4 Å².